The second-order valence-electron chi connectivity index (χ2n) is 5.04. The molecule has 2 aromatic rings. The van der Waals surface area contributed by atoms with Gasteiger partial charge < -0.3 is 9.88 Å². The minimum atomic E-state index is 0.815. The quantitative estimate of drug-likeness (QED) is 0.838. The number of nitrogens with one attached hydrogen (secondary N) is 1. The summed E-state index contributed by atoms with van der Waals surface area (Å²) in [6, 6.07) is 4.29. The Morgan fingerprint density at radius 2 is 1.94 bits per heavy atom. The highest BCUT2D eigenvalue weighted by Crippen LogP contribution is 2.29. The van der Waals surface area contributed by atoms with Crippen molar-refractivity contribution in [3.8, 4) is 0 Å². The molecule has 0 saturated carbocycles. The van der Waals surface area contributed by atoms with Crippen LogP contribution < -0.4 is 5.32 Å². The van der Waals surface area contributed by atoms with E-state index in [0.29, 0.717) is 0 Å². The Hall–Kier alpha value is -0.320. The van der Waals surface area contributed by atoms with Gasteiger partial charge in [-0.2, -0.15) is 0 Å². The molecule has 2 heterocycles. The largest absolute Gasteiger partial charge is 0.353 e. The molecule has 18 heavy (non-hydrogen) atoms. The van der Waals surface area contributed by atoms with Gasteiger partial charge in [0.1, 0.15) is 0 Å². The van der Waals surface area contributed by atoms with E-state index in [4.69, 9.17) is 0 Å². The lowest BCUT2D eigenvalue weighted by Crippen LogP contribution is -2.29. The summed E-state index contributed by atoms with van der Waals surface area (Å²) in [7, 11) is 0. The van der Waals surface area contributed by atoms with Crippen LogP contribution in [0.5, 0.6) is 0 Å². The fourth-order valence-electron chi connectivity index (χ4n) is 2.70. The van der Waals surface area contributed by atoms with Crippen LogP contribution >= 0.6 is 31.9 Å². The molecule has 0 unspecified atom stereocenters. The summed E-state index contributed by atoms with van der Waals surface area (Å²) in [6.45, 7) is 3.47. The van der Waals surface area contributed by atoms with Crippen LogP contribution in [0, 0.1) is 5.92 Å². The Labute approximate surface area is 124 Å². The van der Waals surface area contributed by atoms with Crippen molar-refractivity contribution in [2.45, 2.75) is 19.4 Å². The lowest BCUT2D eigenvalue weighted by Gasteiger charge is -2.22. The zero-order valence-electron chi connectivity index (χ0n) is 10.1. The van der Waals surface area contributed by atoms with Gasteiger partial charge in [0, 0.05) is 38.7 Å². The molecule has 1 aliphatic heterocycles. The third-order valence-electron chi connectivity index (χ3n) is 3.65. The summed E-state index contributed by atoms with van der Waals surface area (Å²) < 4.78 is 4.63. The molecule has 0 amide bonds. The normalized spacial score (nSPS) is 17.4. The van der Waals surface area contributed by atoms with Crippen LogP contribution in [-0.2, 0) is 6.54 Å². The molecule has 96 valence electrons. The number of rotatable bonds is 2. The van der Waals surface area contributed by atoms with Crippen LogP contribution in [-0.4, -0.2) is 17.7 Å². The first kappa shape index (κ1) is 12.7. The topological polar surface area (TPSA) is 17.0 Å². The number of hydrogen-bond donors (Lipinski definition) is 1. The SMILES string of the molecule is Brc1cc(Br)c2cn(CC3CCNCC3)cc2c1. The molecule has 0 atom stereocenters. The number of benzene rings is 1. The molecule has 4 heteroatoms. The minimum Gasteiger partial charge on any atom is -0.353 e. The van der Waals surface area contributed by atoms with Gasteiger partial charge in [-0.15, -0.1) is 0 Å². The van der Waals surface area contributed by atoms with Crippen molar-refractivity contribution < 1.29 is 0 Å². The third-order valence-corrected chi connectivity index (χ3v) is 4.77. The Bertz CT molecular complexity index is 556. The number of halogens is 2. The first-order valence-electron chi connectivity index (χ1n) is 6.37. The maximum absolute atomic E-state index is 3.63. The van der Waals surface area contributed by atoms with Gasteiger partial charge in [0.25, 0.3) is 0 Å². The van der Waals surface area contributed by atoms with Crippen LogP contribution in [0.3, 0.4) is 0 Å². The highest BCUT2D eigenvalue weighted by molar-refractivity contribution is 9.11. The average Bonchev–Trinajstić information content (AvgIpc) is 2.73. The predicted octanol–water partition coefficient (Wildman–Crippen LogP) is 4.17. The number of nitrogens with zero attached hydrogens (tertiary/aromatic N) is 1. The van der Waals surface area contributed by atoms with Gasteiger partial charge in [0.2, 0.25) is 0 Å². The number of piperidine rings is 1. The second kappa shape index (κ2) is 5.35. The highest BCUT2D eigenvalue weighted by Gasteiger charge is 2.14. The first-order valence-corrected chi connectivity index (χ1v) is 7.96. The molecule has 3 rings (SSSR count). The lowest BCUT2D eigenvalue weighted by molar-refractivity contribution is 0.334. The van der Waals surface area contributed by atoms with Crippen LogP contribution in [0.2, 0.25) is 0 Å². The van der Waals surface area contributed by atoms with E-state index < -0.39 is 0 Å². The van der Waals surface area contributed by atoms with Gasteiger partial charge in [-0.25, -0.2) is 0 Å². The van der Waals surface area contributed by atoms with E-state index in [2.05, 4.69) is 66.3 Å². The van der Waals surface area contributed by atoms with Crippen LogP contribution in [0.15, 0.2) is 33.5 Å². The Balaban J connectivity index is 1.86. The molecule has 1 fully saturated rings. The van der Waals surface area contributed by atoms with Crippen molar-refractivity contribution in [3.05, 3.63) is 33.5 Å². The van der Waals surface area contributed by atoms with Gasteiger partial charge >= 0.3 is 0 Å². The average molecular weight is 372 g/mol. The smallest absolute Gasteiger partial charge is 0.0280 e. The fraction of sp³-hybridized carbons (Fsp3) is 0.429. The monoisotopic (exact) mass is 370 g/mol. The summed E-state index contributed by atoms with van der Waals surface area (Å²) in [6.07, 6.45) is 7.10. The van der Waals surface area contributed by atoms with Gasteiger partial charge in [0.15, 0.2) is 0 Å². The maximum Gasteiger partial charge on any atom is 0.0280 e. The molecule has 0 radical (unpaired) electrons. The molecule has 0 spiro atoms. The summed E-state index contributed by atoms with van der Waals surface area (Å²) in [5.41, 5.74) is 0. The minimum absolute atomic E-state index is 0.815. The molecule has 1 aromatic heterocycles. The Kier molecular flexibility index (Phi) is 3.78. The molecular weight excluding hydrogens is 356 g/mol. The molecule has 1 N–H and O–H groups in total. The molecule has 0 aliphatic carbocycles. The van der Waals surface area contributed by atoms with E-state index in [9.17, 15) is 0 Å². The first-order chi connectivity index (χ1) is 8.72. The molecule has 1 saturated heterocycles. The van der Waals surface area contributed by atoms with Crippen LogP contribution in [0.25, 0.3) is 10.8 Å². The zero-order valence-corrected chi connectivity index (χ0v) is 13.3. The van der Waals surface area contributed by atoms with Crippen molar-refractivity contribution in [1.29, 1.82) is 0 Å². The summed E-state index contributed by atoms with van der Waals surface area (Å²) in [4.78, 5) is 0. The van der Waals surface area contributed by atoms with E-state index in [1.165, 1.54) is 36.7 Å². The standard InChI is InChI=1S/C14H16Br2N2/c15-12-5-11-8-18(9-13(11)14(16)6-12)7-10-1-3-17-4-2-10/h5-6,8-10,17H,1-4,7H2. The summed E-state index contributed by atoms with van der Waals surface area (Å²) in [5.74, 6) is 0.815. The molecule has 1 aliphatic rings. The summed E-state index contributed by atoms with van der Waals surface area (Å²) >= 11 is 7.18. The van der Waals surface area contributed by atoms with Crippen molar-refractivity contribution in [2.24, 2.45) is 5.92 Å². The number of fused-ring (bicyclic) bond motifs is 1. The van der Waals surface area contributed by atoms with Crippen LogP contribution in [0.1, 0.15) is 12.8 Å². The van der Waals surface area contributed by atoms with Crippen LogP contribution in [0.4, 0.5) is 0 Å². The Morgan fingerprint density at radius 1 is 1.17 bits per heavy atom. The fourth-order valence-corrected chi connectivity index (χ4v) is 4.06. The van der Waals surface area contributed by atoms with Crippen molar-refractivity contribution in [1.82, 2.24) is 9.88 Å². The molecule has 0 bridgehead atoms. The third kappa shape index (κ3) is 2.65. The lowest BCUT2D eigenvalue weighted by atomic mass is 9.98. The van der Waals surface area contributed by atoms with E-state index >= 15 is 0 Å². The zero-order chi connectivity index (χ0) is 12.5. The summed E-state index contributed by atoms with van der Waals surface area (Å²) in [5, 5.41) is 6.02. The van der Waals surface area contributed by atoms with E-state index in [1.54, 1.807) is 0 Å². The maximum atomic E-state index is 3.63. The second-order valence-corrected chi connectivity index (χ2v) is 6.81. The van der Waals surface area contributed by atoms with E-state index in [-0.39, 0.29) is 0 Å². The molecular formula is C14H16Br2N2. The van der Waals surface area contributed by atoms with Gasteiger partial charge in [-0.05, 0) is 44.0 Å². The number of aromatic nitrogens is 1. The molecule has 2 nitrogen and oxygen atoms in total. The highest BCUT2D eigenvalue weighted by atomic mass is 79.9. The van der Waals surface area contributed by atoms with Gasteiger partial charge in [-0.3, -0.25) is 0 Å². The van der Waals surface area contributed by atoms with Crippen molar-refractivity contribution in [2.75, 3.05) is 13.1 Å². The van der Waals surface area contributed by atoms with Gasteiger partial charge in [-0.1, -0.05) is 31.9 Å². The number of hydrogen-bond acceptors (Lipinski definition) is 1. The van der Waals surface area contributed by atoms with E-state index in [1.807, 2.05) is 0 Å². The van der Waals surface area contributed by atoms with E-state index in [0.717, 1.165) is 21.4 Å². The van der Waals surface area contributed by atoms with Crippen molar-refractivity contribution in [3.63, 3.8) is 0 Å². The Morgan fingerprint density at radius 3 is 2.72 bits per heavy atom. The predicted molar refractivity (Wildman–Crippen MR) is 82.9 cm³/mol. The van der Waals surface area contributed by atoms with Crippen molar-refractivity contribution >= 4 is 42.6 Å². The van der Waals surface area contributed by atoms with Gasteiger partial charge in [0.05, 0.1) is 0 Å². The molecule has 1 aromatic carbocycles.